The average molecular weight is 220 g/mol. The summed E-state index contributed by atoms with van der Waals surface area (Å²) < 4.78 is 5.12. The van der Waals surface area contributed by atoms with E-state index in [2.05, 4.69) is 0 Å². The van der Waals surface area contributed by atoms with Gasteiger partial charge < -0.3 is 4.74 Å². The Hall–Kier alpha value is -1.64. The predicted molar refractivity (Wildman–Crippen MR) is 62.1 cm³/mol. The van der Waals surface area contributed by atoms with E-state index in [-0.39, 0.29) is 12.2 Å². The third kappa shape index (κ3) is 2.30. The highest BCUT2D eigenvalue weighted by molar-refractivity contribution is 6.44. The molecule has 0 unspecified atom stereocenters. The van der Waals surface area contributed by atoms with Gasteiger partial charge in [0.05, 0.1) is 12.7 Å². The number of carbonyl (C=O) groups is 2. The van der Waals surface area contributed by atoms with Crippen molar-refractivity contribution in [3.8, 4) is 5.75 Å². The first kappa shape index (κ1) is 12.4. The van der Waals surface area contributed by atoms with Crippen molar-refractivity contribution in [1.29, 1.82) is 0 Å². The van der Waals surface area contributed by atoms with Crippen molar-refractivity contribution in [3.63, 3.8) is 0 Å². The Morgan fingerprint density at radius 1 is 1.19 bits per heavy atom. The van der Waals surface area contributed by atoms with Crippen LogP contribution in [0.25, 0.3) is 0 Å². The lowest BCUT2D eigenvalue weighted by atomic mass is 9.99. The number of aryl methyl sites for hydroxylation is 2. The Bertz CT molecular complexity index is 433. The van der Waals surface area contributed by atoms with Crippen LogP contribution in [0.3, 0.4) is 0 Å². The summed E-state index contributed by atoms with van der Waals surface area (Å²) in [6.07, 6.45) is 0.217. The SMILES string of the molecule is CCC(=O)C(=O)c1cc(C)c(C)cc1OC. The lowest BCUT2D eigenvalue weighted by Gasteiger charge is -2.10. The molecule has 0 heterocycles. The third-order valence-electron chi connectivity index (χ3n) is 2.63. The van der Waals surface area contributed by atoms with Crippen LogP contribution in [-0.4, -0.2) is 18.7 Å². The Balaban J connectivity index is 3.27. The van der Waals surface area contributed by atoms with E-state index in [0.717, 1.165) is 11.1 Å². The minimum Gasteiger partial charge on any atom is -0.496 e. The third-order valence-corrected chi connectivity index (χ3v) is 2.63. The Labute approximate surface area is 95.4 Å². The highest BCUT2D eigenvalue weighted by Gasteiger charge is 2.19. The monoisotopic (exact) mass is 220 g/mol. The van der Waals surface area contributed by atoms with Crippen LogP contribution >= 0.6 is 0 Å². The highest BCUT2D eigenvalue weighted by atomic mass is 16.5. The minimum absolute atomic E-state index is 0.217. The average Bonchev–Trinajstić information content (AvgIpc) is 2.30. The van der Waals surface area contributed by atoms with Gasteiger partial charge in [-0.2, -0.15) is 0 Å². The van der Waals surface area contributed by atoms with E-state index in [1.165, 1.54) is 7.11 Å². The zero-order chi connectivity index (χ0) is 12.3. The van der Waals surface area contributed by atoms with Gasteiger partial charge in [-0.25, -0.2) is 0 Å². The summed E-state index contributed by atoms with van der Waals surface area (Å²) in [4.78, 5) is 23.2. The summed E-state index contributed by atoms with van der Waals surface area (Å²) in [5, 5.41) is 0. The summed E-state index contributed by atoms with van der Waals surface area (Å²) in [5.74, 6) is -0.390. The maximum absolute atomic E-state index is 11.8. The first-order valence-corrected chi connectivity index (χ1v) is 5.24. The second-order valence-corrected chi connectivity index (χ2v) is 3.74. The Kier molecular flexibility index (Phi) is 3.82. The number of hydrogen-bond acceptors (Lipinski definition) is 3. The van der Waals surface area contributed by atoms with Gasteiger partial charge in [0.25, 0.3) is 0 Å². The van der Waals surface area contributed by atoms with Crippen LogP contribution in [0.5, 0.6) is 5.75 Å². The summed E-state index contributed by atoms with van der Waals surface area (Å²) in [7, 11) is 1.50. The second kappa shape index (κ2) is 4.92. The van der Waals surface area contributed by atoms with Crippen molar-refractivity contribution in [2.75, 3.05) is 7.11 Å². The molecule has 1 rings (SSSR count). The fourth-order valence-corrected chi connectivity index (χ4v) is 1.45. The van der Waals surface area contributed by atoms with Crippen LogP contribution in [0.2, 0.25) is 0 Å². The maximum atomic E-state index is 11.8. The molecule has 0 bridgehead atoms. The Morgan fingerprint density at radius 2 is 1.75 bits per heavy atom. The van der Waals surface area contributed by atoms with E-state index in [9.17, 15) is 9.59 Å². The van der Waals surface area contributed by atoms with Gasteiger partial charge in [0.2, 0.25) is 11.6 Å². The van der Waals surface area contributed by atoms with Crippen molar-refractivity contribution in [2.24, 2.45) is 0 Å². The molecule has 16 heavy (non-hydrogen) atoms. The molecule has 0 atom stereocenters. The molecule has 0 amide bonds. The molecule has 0 aliphatic rings. The molecule has 1 aromatic carbocycles. The molecular formula is C13H16O3. The van der Waals surface area contributed by atoms with Gasteiger partial charge >= 0.3 is 0 Å². The number of Topliss-reactive ketones (excluding diaryl/α,β-unsaturated/α-hetero) is 2. The zero-order valence-corrected chi connectivity index (χ0v) is 10.1. The highest BCUT2D eigenvalue weighted by Crippen LogP contribution is 2.23. The molecule has 0 aliphatic heterocycles. The molecule has 0 saturated carbocycles. The van der Waals surface area contributed by atoms with Crippen molar-refractivity contribution in [1.82, 2.24) is 0 Å². The van der Waals surface area contributed by atoms with Gasteiger partial charge in [0.1, 0.15) is 5.75 Å². The van der Waals surface area contributed by atoms with E-state index < -0.39 is 5.78 Å². The van der Waals surface area contributed by atoms with Crippen molar-refractivity contribution in [2.45, 2.75) is 27.2 Å². The van der Waals surface area contributed by atoms with Crippen LogP contribution in [0.15, 0.2) is 12.1 Å². The van der Waals surface area contributed by atoms with Gasteiger partial charge in [0.15, 0.2) is 0 Å². The van der Waals surface area contributed by atoms with Crippen LogP contribution in [0.1, 0.15) is 34.8 Å². The van der Waals surface area contributed by atoms with Crippen LogP contribution in [0, 0.1) is 13.8 Å². The number of benzene rings is 1. The summed E-state index contributed by atoms with van der Waals surface area (Å²) in [6.45, 7) is 5.52. The molecule has 3 heteroatoms. The standard InChI is InChI=1S/C13H16O3/c1-5-11(14)13(15)10-6-8(2)9(3)7-12(10)16-4/h6-7H,5H2,1-4H3. The van der Waals surface area contributed by atoms with E-state index in [4.69, 9.17) is 4.74 Å². The van der Waals surface area contributed by atoms with Gasteiger partial charge in [0, 0.05) is 6.42 Å². The number of ether oxygens (including phenoxy) is 1. The zero-order valence-electron chi connectivity index (χ0n) is 10.1. The number of methoxy groups -OCH3 is 1. The first-order chi connectivity index (χ1) is 7.51. The van der Waals surface area contributed by atoms with Crippen LogP contribution in [-0.2, 0) is 4.79 Å². The number of ketones is 2. The first-order valence-electron chi connectivity index (χ1n) is 5.24. The lowest BCUT2D eigenvalue weighted by molar-refractivity contribution is -0.114. The molecule has 0 N–H and O–H groups in total. The van der Waals surface area contributed by atoms with Crippen LogP contribution < -0.4 is 4.74 Å². The molecule has 0 aromatic heterocycles. The van der Waals surface area contributed by atoms with Gasteiger partial charge in [-0.15, -0.1) is 0 Å². The summed E-state index contributed by atoms with van der Waals surface area (Å²) >= 11 is 0. The van der Waals surface area contributed by atoms with Crippen molar-refractivity contribution < 1.29 is 14.3 Å². The predicted octanol–water partition coefficient (Wildman–Crippen LogP) is 2.47. The topological polar surface area (TPSA) is 43.4 Å². The van der Waals surface area contributed by atoms with E-state index in [0.29, 0.717) is 11.3 Å². The number of carbonyl (C=O) groups excluding carboxylic acids is 2. The molecule has 0 saturated heterocycles. The maximum Gasteiger partial charge on any atom is 0.232 e. The fourth-order valence-electron chi connectivity index (χ4n) is 1.45. The van der Waals surface area contributed by atoms with E-state index >= 15 is 0 Å². The second-order valence-electron chi connectivity index (χ2n) is 3.74. The molecule has 0 fully saturated rings. The molecule has 86 valence electrons. The molecule has 0 aliphatic carbocycles. The summed E-state index contributed by atoms with van der Waals surface area (Å²) in [6, 6.07) is 3.50. The quantitative estimate of drug-likeness (QED) is 0.578. The molecule has 0 radical (unpaired) electrons. The molecule has 1 aromatic rings. The smallest absolute Gasteiger partial charge is 0.232 e. The fraction of sp³-hybridized carbons (Fsp3) is 0.385. The number of hydrogen-bond donors (Lipinski definition) is 0. The minimum atomic E-state index is -0.470. The molecule has 3 nitrogen and oxygen atoms in total. The number of rotatable bonds is 4. The summed E-state index contributed by atoms with van der Waals surface area (Å²) in [5.41, 5.74) is 2.38. The van der Waals surface area contributed by atoms with Crippen LogP contribution in [0.4, 0.5) is 0 Å². The lowest BCUT2D eigenvalue weighted by Crippen LogP contribution is -2.14. The van der Waals surface area contributed by atoms with Gasteiger partial charge in [-0.05, 0) is 37.1 Å². The normalized spacial score (nSPS) is 10.0. The van der Waals surface area contributed by atoms with Gasteiger partial charge in [-0.3, -0.25) is 9.59 Å². The Morgan fingerprint density at radius 3 is 2.25 bits per heavy atom. The van der Waals surface area contributed by atoms with Crippen molar-refractivity contribution in [3.05, 3.63) is 28.8 Å². The van der Waals surface area contributed by atoms with Gasteiger partial charge in [-0.1, -0.05) is 6.92 Å². The van der Waals surface area contributed by atoms with E-state index in [1.54, 1.807) is 19.1 Å². The van der Waals surface area contributed by atoms with E-state index in [1.807, 2.05) is 13.8 Å². The molecular weight excluding hydrogens is 204 g/mol. The molecule has 0 spiro atoms. The largest absolute Gasteiger partial charge is 0.496 e. The van der Waals surface area contributed by atoms with Crippen molar-refractivity contribution >= 4 is 11.6 Å².